The van der Waals surface area contributed by atoms with Gasteiger partial charge < -0.3 is 28.9 Å². The molecule has 0 aliphatic heterocycles. The van der Waals surface area contributed by atoms with E-state index in [4.69, 9.17) is 14.2 Å². The molecule has 0 aromatic carbocycles. The Morgan fingerprint density at radius 3 is 1.03 bits per heavy atom. The zero-order valence-electron chi connectivity index (χ0n) is 19.9. The van der Waals surface area contributed by atoms with E-state index in [1.54, 1.807) is 0 Å². The van der Waals surface area contributed by atoms with Crippen molar-refractivity contribution in [2.45, 2.75) is 59.3 Å². The van der Waals surface area contributed by atoms with Crippen LogP contribution in [0.15, 0.2) is 0 Å². The zero-order chi connectivity index (χ0) is 22.2. The van der Waals surface area contributed by atoms with Crippen molar-refractivity contribution in [1.82, 2.24) is 15.0 Å². The van der Waals surface area contributed by atoms with E-state index in [1.165, 1.54) is 0 Å². The van der Waals surface area contributed by atoms with E-state index in [9.17, 15) is 0 Å². The van der Waals surface area contributed by atoms with Crippen molar-refractivity contribution in [2.24, 2.45) is 0 Å². The van der Waals surface area contributed by atoms with E-state index in [0.29, 0.717) is 38.0 Å². The fourth-order valence-electron chi connectivity index (χ4n) is 2.37. The summed E-state index contributed by atoms with van der Waals surface area (Å²) in [6.45, 7) is 9.90. The highest BCUT2D eigenvalue weighted by atomic mass is 16.5. The predicted octanol–water partition coefficient (Wildman–Crippen LogP) is 3.50. The largest absolute Gasteiger partial charge is 0.361 e. The van der Waals surface area contributed by atoms with Crippen LogP contribution in [0, 0.1) is 0 Å². The summed E-state index contributed by atoms with van der Waals surface area (Å²) in [5, 5.41) is 0. The molecular formula is C21H42N6O3. The molecule has 0 fully saturated rings. The third-order valence-electron chi connectivity index (χ3n) is 4.41. The van der Waals surface area contributed by atoms with Crippen LogP contribution in [0.4, 0.5) is 17.8 Å². The van der Waals surface area contributed by atoms with Crippen LogP contribution < -0.4 is 14.7 Å². The van der Waals surface area contributed by atoms with E-state index in [2.05, 4.69) is 35.7 Å². The Kier molecular flexibility index (Phi) is 14.1. The number of nitrogens with zero attached hydrogens (tertiary/aromatic N) is 6. The van der Waals surface area contributed by atoms with Crippen LogP contribution in [0.1, 0.15) is 59.3 Å². The number of anilines is 3. The van der Waals surface area contributed by atoms with Gasteiger partial charge >= 0.3 is 0 Å². The molecule has 1 heterocycles. The second-order valence-corrected chi connectivity index (χ2v) is 7.50. The molecule has 1 aromatic heterocycles. The van der Waals surface area contributed by atoms with Crippen molar-refractivity contribution in [3.8, 4) is 0 Å². The minimum atomic E-state index is 0.427. The van der Waals surface area contributed by atoms with Gasteiger partial charge in [-0.1, -0.05) is 40.0 Å². The monoisotopic (exact) mass is 426 g/mol. The summed E-state index contributed by atoms with van der Waals surface area (Å²) < 4.78 is 17.2. The van der Waals surface area contributed by atoms with E-state index in [0.717, 1.165) is 58.3 Å². The lowest BCUT2D eigenvalue weighted by Crippen LogP contribution is -2.30. The summed E-state index contributed by atoms with van der Waals surface area (Å²) in [5.41, 5.74) is 0. The molecule has 0 atom stereocenters. The van der Waals surface area contributed by atoms with Crippen molar-refractivity contribution in [3.63, 3.8) is 0 Å². The third kappa shape index (κ3) is 10.4. The summed E-state index contributed by atoms with van der Waals surface area (Å²) in [5.74, 6) is 1.69. The van der Waals surface area contributed by atoms with Crippen molar-refractivity contribution in [1.29, 1.82) is 0 Å². The molecule has 174 valence electrons. The SMILES string of the molecule is CCCCOCN(C)c1nc(N(C)COCCCC)nc(N(C)COCCCC)n1. The maximum Gasteiger partial charge on any atom is 0.233 e. The second-order valence-electron chi connectivity index (χ2n) is 7.50. The van der Waals surface area contributed by atoms with Gasteiger partial charge in [-0.15, -0.1) is 0 Å². The van der Waals surface area contributed by atoms with Gasteiger partial charge in [0.2, 0.25) is 17.8 Å². The fraction of sp³-hybridized carbons (Fsp3) is 0.857. The number of unbranched alkanes of at least 4 members (excludes halogenated alkanes) is 3. The normalized spacial score (nSPS) is 11.0. The summed E-state index contributed by atoms with van der Waals surface area (Å²) in [6.07, 6.45) is 6.44. The lowest BCUT2D eigenvalue weighted by atomic mass is 10.4. The van der Waals surface area contributed by atoms with Crippen LogP contribution in [-0.2, 0) is 14.2 Å². The Morgan fingerprint density at radius 1 is 0.533 bits per heavy atom. The van der Waals surface area contributed by atoms with Crippen LogP contribution in [-0.4, -0.2) is 76.1 Å². The quantitative estimate of drug-likeness (QED) is 0.259. The maximum atomic E-state index is 5.72. The first-order valence-corrected chi connectivity index (χ1v) is 11.2. The molecule has 0 amide bonds. The smallest absolute Gasteiger partial charge is 0.233 e. The van der Waals surface area contributed by atoms with Gasteiger partial charge in [0, 0.05) is 41.0 Å². The molecule has 1 aromatic rings. The van der Waals surface area contributed by atoms with Gasteiger partial charge in [-0.05, 0) is 19.3 Å². The Labute approximate surface area is 182 Å². The molecule has 1 rings (SSSR count). The van der Waals surface area contributed by atoms with Crippen molar-refractivity contribution < 1.29 is 14.2 Å². The van der Waals surface area contributed by atoms with Gasteiger partial charge in [0.15, 0.2) is 0 Å². The number of rotatable bonds is 18. The fourth-order valence-corrected chi connectivity index (χ4v) is 2.37. The Hall–Kier alpha value is -1.71. The number of hydrogen-bond acceptors (Lipinski definition) is 9. The van der Waals surface area contributed by atoms with Gasteiger partial charge in [0.25, 0.3) is 0 Å². The van der Waals surface area contributed by atoms with Crippen LogP contribution in [0.5, 0.6) is 0 Å². The lowest BCUT2D eigenvalue weighted by molar-refractivity contribution is 0.131. The van der Waals surface area contributed by atoms with Gasteiger partial charge in [-0.25, -0.2) is 0 Å². The molecule has 0 spiro atoms. The molecule has 9 heteroatoms. The van der Waals surface area contributed by atoms with E-state index in [1.807, 2.05) is 35.8 Å². The van der Waals surface area contributed by atoms with E-state index in [-0.39, 0.29) is 0 Å². The molecule has 30 heavy (non-hydrogen) atoms. The highest BCUT2D eigenvalue weighted by Crippen LogP contribution is 2.17. The van der Waals surface area contributed by atoms with Gasteiger partial charge in [0.05, 0.1) is 0 Å². The number of ether oxygens (including phenoxy) is 3. The molecule has 0 unspecified atom stereocenters. The standard InChI is InChI=1S/C21H42N6O3/c1-7-10-13-28-16-25(4)19-22-20(26(5)17-29-14-11-8-2)24-21(23-19)27(6)18-30-15-12-9-3/h7-18H2,1-6H3. The highest BCUT2D eigenvalue weighted by Gasteiger charge is 2.16. The summed E-state index contributed by atoms with van der Waals surface area (Å²) in [4.78, 5) is 19.5. The molecule has 0 aliphatic carbocycles. The van der Waals surface area contributed by atoms with Crippen LogP contribution >= 0.6 is 0 Å². The molecule has 0 saturated carbocycles. The molecular weight excluding hydrogens is 384 g/mol. The highest BCUT2D eigenvalue weighted by molar-refractivity contribution is 5.45. The average molecular weight is 427 g/mol. The van der Waals surface area contributed by atoms with Gasteiger partial charge in [-0.2, -0.15) is 15.0 Å². The van der Waals surface area contributed by atoms with Gasteiger partial charge in [-0.3, -0.25) is 0 Å². The lowest BCUT2D eigenvalue weighted by Gasteiger charge is -2.24. The van der Waals surface area contributed by atoms with E-state index < -0.39 is 0 Å². The predicted molar refractivity (Wildman–Crippen MR) is 122 cm³/mol. The van der Waals surface area contributed by atoms with Gasteiger partial charge in [0.1, 0.15) is 20.2 Å². The van der Waals surface area contributed by atoms with Crippen molar-refractivity contribution in [2.75, 3.05) is 75.9 Å². The molecule has 0 N–H and O–H groups in total. The van der Waals surface area contributed by atoms with Crippen molar-refractivity contribution in [3.05, 3.63) is 0 Å². The molecule has 0 aliphatic rings. The zero-order valence-corrected chi connectivity index (χ0v) is 19.9. The van der Waals surface area contributed by atoms with Crippen LogP contribution in [0.3, 0.4) is 0 Å². The third-order valence-corrected chi connectivity index (χ3v) is 4.41. The molecule has 9 nitrogen and oxygen atoms in total. The molecule has 0 saturated heterocycles. The Balaban J connectivity index is 2.87. The number of hydrogen-bond donors (Lipinski definition) is 0. The summed E-state index contributed by atoms with van der Waals surface area (Å²) in [7, 11) is 5.76. The maximum absolute atomic E-state index is 5.72. The first kappa shape index (κ1) is 26.3. The first-order chi connectivity index (χ1) is 14.5. The minimum absolute atomic E-state index is 0.427. The molecule has 0 bridgehead atoms. The number of aromatic nitrogens is 3. The summed E-state index contributed by atoms with van der Waals surface area (Å²) >= 11 is 0. The van der Waals surface area contributed by atoms with Crippen molar-refractivity contribution >= 4 is 17.8 Å². The topological polar surface area (TPSA) is 76.1 Å². The minimum Gasteiger partial charge on any atom is -0.361 e. The first-order valence-electron chi connectivity index (χ1n) is 11.2. The Morgan fingerprint density at radius 2 is 0.800 bits per heavy atom. The second kappa shape index (κ2) is 16.0. The van der Waals surface area contributed by atoms with Crippen LogP contribution in [0.2, 0.25) is 0 Å². The average Bonchev–Trinajstić information content (AvgIpc) is 2.76. The summed E-state index contributed by atoms with van der Waals surface area (Å²) in [6, 6.07) is 0. The molecule has 0 radical (unpaired) electrons. The van der Waals surface area contributed by atoms with E-state index >= 15 is 0 Å². The van der Waals surface area contributed by atoms with Crippen LogP contribution in [0.25, 0.3) is 0 Å². The Bertz CT molecular complexity index is 475.